The maximum Gasteiger partial charge on any atom is 0.411 e. The molecule has 12 heteroatoms. The number of cyclic esters (lactones) is 1. The molecular formula is C29H25ClFN5O5. The van der Waals surface area contributed by atoms with Gasteiger partial charge in [-0.1, -0.05) is 29.8 Å². The second-order valence-electron chi connectivity index (χ2n) is 9.27. The van der Waals surface area contributed by atoms with Crippen molar-refractivity contribution in [2.75, 3.05) is 19.0 Å². The predicted molar refractivity (Wildman–Crippen MR) is 148 cm³/mol. The minimum absolute atomic E-state index is 0.0376. The van der Waals surface area contributed by atoms with E-state index in [0.717, 1.165) is 5.56 Å². The van der Waals surface area contributed by atoms with Crippen LogP contribution in [0.3, 0.4) is 0 Å². The summed E-state index contributed by atoms with van der Waals surface area (Å²) in [5, 5.41) is 5.67. The van der Waals surface area contributed by atoms with Gasteiger partial charge in [-0.05, 0) is 54.3 Å². The van der Waals surface area contributed by atoms with Gasteiger partial charge in [0.15, 0.2) is 5.82 Å². The van der Waals surface area contributed by atoms with Gasteiger partial charge < -0.3 is 19.4 Å². The molecule has 1 aliphatic rings. The number of amides is 2. The molecule has 41 heavy (non-hydrogen) atoms. The normalized spacial score (nSPS) is 14.9. The van der Waals surface area contributed by atoms with E-state index >= 15 is 0 Å². The zero-order valence-corrected chi connectivity index (χ0v) is 22.7. The number of hydrogen-bond acceptors (Lipinski definition) is 7. The number of aromatic nitrogens is 3. The fourth-order valence-electron chi connectivity index (χ4n) is 4.49. The molecule has 2 aromatic carbocycles. The lowest BCUT2D eigenvalue weighted by molar-refractivity contribution is -0.139. The van der Waals surface area contributed by atoms with Crippen molar-refractivity contribution < 1.29 is 28.2 Å². The molecule has 10 nitrogen and oxygen atoms in total. The average molecular weight is 578 g/mol. The van der Waals surface area contributed by atoms with E-state index < -0.39 is 29.8 Å². The summed E-state index contributed by atoms with van der Waals surface area (Å²) in [7, 11) is 1.31. The molecule has 0 saturated heterocycles. The molecule has 2 bridgehead atoms. The van der Waals surface area contributed by atoms with Gasteiger partial charge in [0.05, 0.1) is 48.3 Å². The third kappa shape index (κ3) is 6.36. The lowest BCUT2D eigenvalue weighted by Gasteiger charge is -2.20. The van der Waals surface area contributed by atoms with Gasteiger partial charge in [-0.25, -0.2) is 14.2 Å². The van der Waals surface area contributed by atoms with Crippen molar-refractivity contribution in [2.24, 2.45) is 0 Å². The van der Waals surface area contributed by atoms with Crippen LogP contribution in [0.25, 0.3) is 16.8 Å². The van der Waals surface area contributed by atoms with Gasteiger partial charge in [-0.15, -0.1) is 0 Å². The number of imidazole rings is 1. The Morgan fingerprint density at radius 3 is 2.90 bits per heavy atom. The molecule has 210 valence electrons. The van der Waals surface area contributed by atoms with Crippen molar-refractivity contribution in [2.45, 2.75) is 25.3 Å². The van der Waals surface area contributed by atoms with Crippen molar-refractivity contribution in [3.63, 3.8) is 0 Å². The number of ether oxygens (including phenoxy) is 2. The van der Waals surface area contributed by atoms with E-state index in [1.54, 1.807) is 36.5 Å². The van der Waals surface area contributed by atoms with Crippen molar-refractivity contribution >= 4 is 35.3 Å². The van der Waals surface area contributed by atoms with Crippen LogP contribution < -0.4 is 10.6 Å². The summed E-state index contributed by atoms with van der Waals surface area (Å²) in [6, 6.07) is 12.9. The molecular weight excluding hydrogens is 553 g/mol. The number of esters is 1. The quantitative estimate of drug-likeness (QED) is 0.310. The van der Waals surface area contributed by atoms with E-state index in [9.17, 15) is 18.8 Å². The number of benzene rings is 2. The molecule has 0 spiro atoms. The summed E-state index contributed by atoms with van der Waals surface area (Å²) >= 11 is 5.90. The van der Waals surface area contributed by atoms with Crippen molar-refractivity contribution in [3.8, 4) is 16.8 Å². The Hall–Kier alpha value is -4.77. The standard InChI is InChI=1S/C29H25ClFN5O5/c1-40-26(37)13-17-7-8-19-18-9-10-32-23(14-18)21(5-3-11-41-29(39)35-22(19)12-17)34-28(38)24-15-36(16-33-24)25-6-2-4-20(30)27(25)31/h2,4,6-10,12,14-16,21H,3,5,11,13H2,1H3,(H,34,38)(H,35,39)/t21-/m0/s1. The van der Waals surface area contributed by atoms with Crippen molar-refractivity contribution in [1.29, 1.82) is 0 Å². The Kier molecular flexibility index (Phi) is 8.25. The minimum atomic E-state index is -0.643. The maximum atomic E-state index is 14.5. The lowest BCUT2D eigenvalue weighted by atomic mass is 9.98. The minimum Gasteiger partial charge on any atom is -0.469 e. The highest BCUT2D eigenvalue weighted by Crippen LogP contribution is 2.32. The Morgan fingerprint density at radius 1 is 1.22 bits per heavy atom. The first-order chi connectivity index (χ1) is 19.8. The Labute approximate surface area is 239 Å². The number of nitrogens with zero attached hydrogens (tertiary/aromatic N) is 3. The van der Waals surface area contributed by atoms with Crippen LogP contribution >= 0.6 is 11.6 Å². The second-order valence-corrected chi connectivity index (χ2v) is 9.68. The van der Waals surface area contributed by atoms with Gasteiger partial charge >= 0.3 is 12.1 Å². The summed E-state index contributed by atoms with van der Waals surface area (Å²) < 4.78 is 26.0. The van der Waals surface area contributed by atoms with Gasteiger partial charge in [0.2, 0.25) is 0 Å². The molecule has 0 saturated carbocycles. The first kappa shape index (κ1) is 27.8. The molecule has 3 heterocycles. The highest BCUT2D eigenvalue weighted by Gasteiger charge is 2.22. The SMILES string of the molecule is COC(=O)Cc1ccc2c(c1)NC(=O)OCCC[C@H](NC(=O)c1cn(-c3cccc(Cl)c3F)cn1)c1cc-2ccn1. The van der Waals surface area contributed by atoms with Crippen molar-refractivity contribution in [3.05, 3.63) is 95.0 Å². The predicted octanol–water partition coefficient (Wildman–Crippen LogP) is 5.26. The summed E-state index contributed by atoms with van der Waals surface area (Å²) in [6.07, 6.45) is 4.62. The molecule has 2 amide bonds. The number of methoxy groups -OCH3 is 1. The Morgan fingerprint density at radius 2 is 2.07 bits per heavy atom. The monoisotopic (exact) mass is 577 g/mol. The largest absolute Gasteiger partial charge is 0.469 e. The maximum absolute atomic E-state index is 14.5. The molecule has 0 fully saturated rings. The first-order valence-corrected chi connectivity index (χ1v) is 13.1. The number of fused-ring (bicyclic) bond motifs is 4. The average Bonchev–Trinajstić information content (AvgIpc) is 3.46. The summed E-state index contributed by atoms with van der Waals surface area (Å²) in [5.74, 6) is -1.52. The number of rotatable bonds is 5. The number of carbonyl (C=O) groups excluding carboxylic acids is 3. The summed E-state index contributed by atoms with van der Waals surface area (Å²) in [5.41, 5.74) is 3.34. The van der Waals surface area contributed by atoms with Crippen LogP contribution in [-0.2, 0) is 20.7 Å². The van der Waals surface area contributed by atoms with Crippen LogP contribution in [0.2, 0.25) is 5.02 Å². The first-order valence-electron chi connectivity index (χ1n) is 12.7. The zero-order valence-electron chi connectivity index (χ0n) is 21.9. The highest BCUT2D eigenvalue weighted by atomic mass is 35.5. The van der Waals surface area contributed by atoms with Gasteiger partial charge in [0.1, 0.15) is 12.0 Å². The van der Waals surface area contributed by atoms with E-state index in [-0.39, 0.29) is 29.4 Å². The third-order valence-electron chi connectivity index (χ3n) is 6.55. The fraction of sp³-hybridized carbons (Fsp3) is 0.207. The van der Waals surface area contributed by atoms with Crippen LogP contribution in [0.5, 0.6) is 0 Å². The van der Waals surface area contributed by atoms with Crippen molar-refractivity contribution in [1.82, 2.24) is 19.9 Å². The Bertz CT molecular complexity index is 1620. The van der Waals surface area contributed by atoms with E-state index in [0.29, 0.717) is 35.3 Å². The molecule has 2 N–H and O–H groups in total. The molecule has 1 atom stereocenters. The number of hydrogen-bond donors (Lipinski definition) is 2. The van der Waals surface area contributed by atoms with Gasteiger partial charge in [0, 0.05) is 18.0 Å². The van der Waals surface area contributed by atoms with Crippen LogP contribution in [-0.4, -0.2) is 46.2 Å². The summed E-state index contributed by atoms with van der Waals surface area (Å²) in [6.45, 7) is 0.0950. The molecule has 0 radical (unpaired) electrons. The fourth-order valence-corrected chi connectivity index (χ4v) is 4.66. The molecule has 4 aromatic rings. The third-order valence-corrected chi connectivity index (χ3v) is 6.84. The van der Waals surface area contributed by atoms with E-state index in [1.807, 2.05) is 6.07 Å². The number of anilines is 1. The molecule has 2 aromatic heterocycles. The van der Waals surface area contributed by atoms with E-state index in [1.165, 1.54) is 36.3 Å². The van der Waals surface area contributed by atoms with Gasteiger partial charge in [-0.3, -0.25) is 19.9 Å². The van der Waals surface area contributed by atoms with Crippen LogP contribution in [0.15, 0.2) is 67.3 Å². The summed E-state index contributed by atoms with van der Waals surface area (Å²) in [4.78, 5) is 46.2. The highest BCUT2D eigenvalue weighted by molar-refractivity contribution is 6.30. The van der Waals surface area contributed by atoms with E-state index in [4.69, 9.17) is 21.1 Å². The molecule has 5 rings (SSSR count). The zero-order chi connectivity index (χ0) is 28.9. The van der Waals surface area contributed by atoms with E-state index in [2.05, 4.69) is 20.6 Å². The van der Waals surface area contributed by atoms with Crippen LogP contribution in [0.4, 0.5) is 14.9 Å². The topological polar surface area (TPSA) is 124 Å². The number of nitrogens with one attached hydrogen (secondary N) is 2. The van der Waals surface area contributed by atoms with Gasteiger partial charge in [-0.2, -0.15) is 0 Å². The lowest BCUT2D eigenvalue weighted by Crippen LogP contribution is -2.30. The molecule has 0 unspecified atom stereocenters. The molecule has 0 aliphatic carbocycles. The molecule has 1 aliphatic heterocycles. The number of halogens is 2. The Balaban J connectivity index is 1.43. The van der Waals surface area contributed by atoms with Crippen LogP contribution in [0.1, 0.15) is 40.6 Å². The second kappa shape index (κ2) is 12.2. The van der Waals surface area contributed by atoms with Crippen LogP contribution in [0, 0.1) is 5.82 Å². The number of carbonyl (C=O) groups is 3. The van der Waals surface area contributed by atoms with Gasteiger partial charge in [0.25, 0.3) is 5.91 Å². The smallest absolute Gasteiger partial charge is 0.411 e. The number of pyridine rings is 1.